The molecule has 0 aromatic heterocycles. The van der Waals surface area contributed by atoms with Crippen molar-refractivity contribution in [3.05, 3.63) is 48.0 Å². The highest BCUT2D eigenvalue weighted by atomic mass is 16.4. The van der Waals surface area contributed by atoms with Gasteiger partial charge in [0, 0.05) is 25.4 Å². The number of unbranched alkanes of at least 4 members (excludes halogenated alkanes) is 1. The van der Waals surface area contributed by atoms with E-state index < -0.39 is 48.5 Å². The van der Waals surface area contributed by atoms with Crippen LogP contribution in [0.2, 0.25) is 0 Å². The molecule has 3 atom stereocenters. The van der Waals surface area contributed by atoms with Gasteiger partial charge in [-0.3, -0.25) is 14.4 Å². The molecule has 2 aromatic rings. The lowest BCUT2D eigenvalue weighted by atomic mass is 9.81. The predicted molar refractivity (Wildman–Crippen MR) is 172 cm³/mol. The van der Waals surface area contributed by atoms with Crippen LogP contribution in [0, 0.1) is 11.8 Å². The molecule has 4 amide bonds. The number of carbonyl (C=O) groups excluding carboxylic acids is 3. The summed E-state index contributed by atoms with van der Waals surface area (Å²) in [6.07, 6.45) is 3.47. The number of nitrogens with two attached hydrogens (primary N) is 1. The maximum atomic E-state index is 12.7. The van der Waals surface area contributed by atoms with E-state index >= 15 is 0 Å². The first-order valence-electron chi connectivity index (χ1n) is 16.0. The van der Waals surface area contributed by atoms with Gasteiger partial charge >= 0.3 is 23.9 Å². The fourth-order valence-corrected chi connectivity index (χ4v) is 5.78. The van der Waals surface area contributed by atoms with Crippen LogP contribution in [0.4, 0.5) is 4.79 Å². The molecule has 0 aliphatic heterocycles. The van der Waals surface area contributed by atoms with Gasteiger partial charge in [0.15, 0.2) is 0 Å². The van der Waals surface area contributed by atoms with Crippen LogP contribution in [0.15, 0.2) is 42.5 Å². The van der Waals surface area contributed by atoms with Gasteiger partial charge in [0.25, 0.3) is 0 Å². The van der Waals surface area contributed by atoms with Crippen molar-refractivity contribution in [2.75, 3.05) is 13.1 Å². The van der Waals surface area contributed by atoms with Crippen molar-refractivity contribution in [1.82, 2.24) is 21.3 Å². The lowest BCUT2D eigenvalue weighted by molar-refractivity contribution is -0.141. The summed E-state index contributed by atoms with van der Waals surface area (Å²) in [5, 5.41) is 39.7. The van der Waals surface area contributed by atoms with Crippen LogP contribution < -0.4 is 27.0 Å². The Bertz CT molecular complexity index is 1400. The fourth-order valence-electron chi connectivity index (χ4n) is 5.78. The fraction of sp³-hybridized carbons (Fsp3) is 0.515. The third-order valence-corrected chi connectivity index (χ3v) is 8.51. The third kappa shape index (κ3) is 12.2. The van der Waals surface area contributed by atoms with Crippen LogP contribution >= 0.6 is 0 Å². The number of fused-ring (bicyclic) bond motifs is 1. The normalized spacial score (nSPS) is 17.9. The topological polar surface area (TPSA) is 237 Å². The Morgan fingerprint density at radius 1 is 0.787 bits per heavy atom. The zero-order chi connectivity index (χ0) is 34.3. The molecule has 2 aromatic carbocycles. The van der Waals surface area contributed by atoms with Crippen LogP contribution in [-0.2, 0) is 30.4 Å². The standard InChI is InChI=1S/C33H45N5O9/c34-25(18-23-8-5-7-21-6-1-2-9-24(21)23)30(42)36-19-20-11-13-22(14-12-20)29(41)35-17-4-3-10-26(31(43)44)37-33(47)38-27(32(45)46)15-16-28(39)40/h1-2,5-9,20,22,25-27H,3-4,10-19,34H2,(H,35,41)(H,36,42)(H,39,40)(H,43,44)(H,45,46)(H2,37,38,47)/t20?,22?,25-,26-,27-/m0/s1. The summed E-state index contributed by atoms with van der Waals surface area (Å²) in [5.41, 5.74) is 7.26. The number of rotatable bonds is 18. The molecule has 9 N–H and O–H groups in total. The number of hydrogen-bond acceptors (Lipinski definition) is 7. The van der Waals surface area contributed by atoms with Crippen molar-refractivity contribution in [3.63, 3.8) is 0 Å². The van der Waals surface area contributed by atoms with E-state index in [0.29, 0.717) is 45.2 Å². The molecule has 3 rings (SSSR count). The number of urea groups is 1. The van der Waals surface area contributed by atoms with Crippen LogP contribution in [0.1, 0.15) is 63.4 Å². The average Bonchev–Trinajstić information content (AvgIpc) is 3.04. The zero-order valence-corrected chi connectivity index (χ0v) is 26.3. The predicted octanol–water partition coefficient (Wildman–Crippen LogP) is 1.99. The highest BCUT2D eigenvalue weighted by Crippen LogP contribution is 2.28. The number of amides is 4. The van der Waals surface area contributed by atoms with Crippen molar-refractivity contribution in [1.29, 1.82) is 0 Å². The minimum absolute atomic E-state index is 0.0495. The molecule has 1 aliphatic carbocycles. The molecule has 47 heavy (non-hydrogen) atoms. The molecular weight excluding hydrogens is 610 g/mol. The summed E-state index contributed by atoms with van der Waals surface area (Å²) >= 11 is 0. The van der Waals surface area contributed by atoms with Gasteiger partial charge in [0.1, 0.15) is 12.1 Å². The molecular formula is C33H45N5O9. The Morgan fingerprint density at radius 3 is 2.09 bits per heavy atom. The second-order valence-electron chi connectivity index (χ2n) is 12.0. The Balaban J connectivity index is 1.30. The van der Waals surface area contributed by atoms with E-state index in [1.807, 2.05) is 42.5 Å². The first-order valence-corrected chi connectivity index (χ1v) is 16.0. The van der Waals surface area contributed by atoms with E-state index in [1.165, 1.54) is 0 Å². The number of carbonyl (C=O) groups is 6. The smallest absolute Gasteiger partial charge is 0.326 e. The zero-order valence-electron chi connectivity index (χ0n) is 26.3. The van der Waals surface area contributed by atoms with E-state index in [-0.39, 0.29) is 36.5 Å². The lowest BCUT2D eigenvalue weighted by Crippen LogP contribution is -2.51. The second-order valence-corrected chi connectivity index (χ2v) is 12.0. The summed E-state index contributed by atoms with van der Waals surface area (Å²) in [6.45, 7) is 0.838. The van der Waals surface area contributed by atoms with Crippen LogP contribution in [-0.4, -0.2) is 82.3 Å². The number of aliphatic carboxylic acids is 3. The van der Waals surface area contributed by atoms with Crippen molar-refractivity contribution >= 4 is 46.5 Å². The summed E-state index contributed by atoms with van der Waals surface area (Å²) in [7, 11) is 0. The van der Waals surface area contributed by atoms with Crippen molar-refractivity contribution in [3.8, 4) is 0 Å². The molecule has 0 bridgehead atoms. The number of carboxylic acids is 3. The summed E-state index contributed by atoms with van der Waals surface area (Å²) in [6, 6.07) is 9.51. The number of benzene rings is 2. The molecule has 14 heteroatoms. The third-order valence-electron chi connectivity index (χ3n) is 8.51. The second kappa shape index (κ2) is 18.4. The highest BCUT2D eigenvalue weighted by molar-refractivity contribution is 5.88. The van der Waals surface area contributed by atoms with Gasteiger partial charge in [-0.05, 0) is 80.0 Å². The van der Waals surface area contributed by atoms with Crippen LogP contribution in [0.25, 0.3) is 10.8 Å². The Kier molecular flexibility index (Phi) is 14.4. The van der Waals surface area contributed by atoms with Gasteiger partial charge in [-0.15, -0.1) is 0 Å². The molecule has 1 aliphatic rings. The molecule has 0 radical (unpaired) electrons. The quantitative estimate of drug-likeness (QED) is 0.109. The number of hydrogen-bond donors (Lipinski definition) is 8. The Labute approximate surface area is 272 Å². The van der Waals surface area contributed by atoms with Crippen LogP contribution in [0.3, 0.4) is 0 Å². The van der Waals surface area contributed by atoms with Crippen molar-refractivity contribution < 1.29 is 44.1 Å². The van der Waals surface area contributed by atoms with E-state index in [2.05, 4.69) is 21.3 Å². The molecule has 0 saturated heterocycles. The van der Waals surface area contributed by atoms with E-state index in [9.17, 15) is 33.9 Å². The molecule has 14 nitrogen and oxygen atoms in total. The Hall–Kier alpha value is -4.72. The van der Waals surface area contributed by atoms with Gasteiger partial charge in [-0.25, -0.2) is 14.4 Å². The molecule has 0 spiro atoms. The summed E-state index contributed by atoms with van der Waals surface area (Å²) in [4.78, 5) is 71.0. The Morgan fingerprint density at radius 2 is 1.43 bits per heavy atom. The minimum atomic E-state index is -1.48. The summed E-state index contributed by atoms with van der Waals surface area (Å²) in [5.74, 6) is -4.11. The molecule has 0 heterocycles. The largest absolute Gasteiger partial charge is 0.481 e. The maximum Gasteiger partial charge on any atom is 0.326 e. The first-order chi connectivity index (χ1) is 22.4. The van der Waals surface area contributed by atoms with Gasteiger partial charge in [0.05, 0.1) is 6.04 Å². The lowest BCUT2D eigenvalue weighted by Gasteiger charge is -2.28. The molecule has 256 valence electrons. The highest BCUT2D eigenvalue weighted by Gasteiger charge is 2.28. The monoisotopic (exact) mass is 655 g/mol. The maximum absolute atomic E-state index is 12.7. The van der Waals surface area contributed by atoms with E-state index in [1.54, 1.807) is 0 Å². The van der Waals surface area contributed by atoms with Crippen molar-refractivity contribution in [2.24, 2.45) is 17.6 Å². The number of nitrogens with one attached hydrogen (secondary N) is 4. The molecule has 1 fully saturated rings. The van der Waals surface area contributed by atoms with E-state index in [4.69, 9.17) is 15.9 Å². The minimum Gasteiger partial charge on any atom is -0.481 e. The van der Waals surface area contributed by atoms with Gasteiger partial charge in [-0.1, -0.05) is 42.5 Å². The SMILES string of the molecule is N[C@@H](Cc1cccc2ccccc12)C(=O)NCC1CCC(C(=O)NCCCC[C@H](NC(=O)N[C@@H](CCC(=O)O)C(=O)O)C(=O)O)CC1. The molecule has 1 saturated carbocycles. The van der Waals surface area contributed by atoms with Crippen molar-refractivity contribution in [2.45, 2.75) is 82.3 Å². The summed E-state index contributed by atoms with van der Waals surface area (Å²) < 4.78 is 0. The average molecular weight is 656 g/mol. The van der Waals surface area contributed by atoms with Gasteiger partial charge < -0.3 is 42.3 Å². The van der Waals surface area contributed by atoms with Gasteiger partial charge in [0.2, 0.25) is 11.8 Å². The molecule has 0 unspecified atom stereocenters. The first kappa shape index (κ1) is 36.7. The van der Waals surface area contributed by atoms with Crippen LogP contribution in [0.5, 0.6) is 0 Å². The number of carboxylic acid groups (broad SMARTS) is 3. The van der Waals surface area contributed by atoms with Gasteiger partial charge in [-0.2, -0.15) is 0 Å². The van der Waals surface area contributed by atoms with E-state index in [0.717, 1.165) is 29.2 Å².